The average Bonchev–Trinajstić information content (AvgIpc) is 2.85. The van der Waals surface area contributed by atoms with Crippen molar-refractivity contribution in [2.45, 2.75) is 22.5 Å². The monoisotopic (exact) mass is 471 g/mol. The van der Waals surface area contributed by atoms with Crippen molar-refractivity contribution in [3.63, 3.8) is 0 Å². The molecule has 3 aromatic rings. The van der Waals surface area contributed by atoms with E-state index in [0.717, 1.165) is 11.1 Å². The number of nitrogens with zero attached hydrogens (tertiary/aromatic N) is 2. The van der Waals surface area contributed by atoms with E-state index in [2.05, 4.69) is 15.3 Å². The minimum Gasteiger partial charge on any atom is -0.493 e. The molecule has 1 aromatic heterocycles. The van der Waals surface area contributed by atoms with Crippen LogP contribution in [0, 0.1) is 0 Å². The summed E-state index contributed by atoms with van der Waals surface area (Å²) in [5.41, 5.74) is 2.41. The van der Waals surface area contributed by atoms with Crippen LogP contribution in [-0.2, 0) is 17.0 Å². The maximum atomic E-state index is 12.7. The fraction of sp³-hybridized carbons (Fsp3) is 0.261. The van der Waals surface area contributed by atoms with Crippen LogP contribution in [0.25, 0.3) is 0 Å². The molecule has 32 heavy (non-hydrogen) atoms. The van der Waals surface area contributed by atoms with E-state index in [1.165, 1.54) is 30.6 Å². The Labute approximate surface area is 196 Å². The predicted molar refractivity (Wildman–Crippen MR) is 128 cm³/mol. The highest BCUT2D eigenvalue weighted by Crippen LogP contribution is 2.32. The molecule has 0 spiro atoms. The summed E-state index contributed by atoms with van der Waals surface area (Å²) >= 11 is 2.89. The van der Waals surface area contributed by atoms with E-state index in [4.69, 9.17) is 14.2 Å². The van der Waals surface area contributed by atoms with E-state index in [1.807, 2.05) is 54.8 Å². The topological polar surface area (TPSA) is 82.6 Å². The Kier molecular flexibility index (Phi) is 8.64. The lowest BCUT2D eigenvalue weighted by atomic mass is 10.2. The van der Waals surface area contributed by atoms with Crippen molar-refractivity contribution in [3.8, 4) is 11.5 Å². The quantitative estimate of drug-likeness (QED) is 0.192. The normalized spacial score (nSPS) is 10.5. The maximum Gasteiger partial charge on any atom is 0.344 e. The molecule has 7 nitrogen and oxygen atoms in total. The zero-order valence-corrected chi connectivity index (χ0v) is 20.0. The fourth-order valence-electron chi connectivity index (χ4n) is 2.93. The summed E-state index contributed by atoms with van der Waals surface area (Å²) in [4.78, 5) is 21.8. The van der Waals surface area contributed by atoms with Gasteiger partial charge in [0.05, 0.1) is 21.3 Å². The number of aromatic nitrogens is 2. The molecule has 0 bridgehead atoms. The molecule has 0 fully saturated rings. The van der Waals surface area contributed by atoms with Crippen molar-refractivity contribution < 1.29 is 19.0 Å². The molecule has 0 atom stereocenters. The molecule has 0 saturated heterocycles. The number of anilines is 1. The van der Waals surface area contributed by atoms with E-state index >= 15 is 0 Å². The molecule has 0 radical (unpaired) electrons. The number of ether oxygens (including phenoxy) is 3. The number of hydrogen-bond acceptors (Lipinski definition) is 9. The number of methoxy groups -OCH3 is 3. The number of esters is 1. The van der Waals surface area contributed by atoms with E-state index in [0.29, 0.717) is 45.4 Å². The lowest BCUT2D eigenvalue weighted by Gasteiger charge is -2.15. The summed E-state index contributed by atoms with van der Waals surface area (Å²) in [6.07, 6.45) is 1.90. The van der Waals surface area contributed by atoms with Crippen molar-refractivity contribution in [1.82, 2.24) is 9.97 Å². The third kappa shape index (κ3) is 5.86. The number of thioether (sulfide) groups is 2. The molecule has 0 aliphatic rings. The largest absolute Gasteiger partial charge is 0.493 e. The number of benzene rings is 2. The average molecular weight is 472 g/mol. The highest BCUT2D eigenvalue weighted by molar-refractivity contribution is 7.99. The van der Waals surface area contributed by atoms with Gasteiger partial charge in [-0.2, -0.15) is 0 Å². The Hall–Kier alpha value is -2.91. The van der Waals surface area contributed by atoms with Crippen LogP contribution >= 0.6 is 23.5 Å². The number of rotatable bonds is 10. The Morgan fingerprint density at radius 2 is 1.72 bits per heavy atom. The van der Waals surface area contributed by atoms with Gasteiger partial charge in [0.25, 0.3) is 0 Å². The van der Waals surface area contributed by atoms with Crippen LogP contribution in [-0.4, -0.2) is 43.5 Å². The van der Waals surface area contributed by atoms with Crippen LogP contribution in [0.3, 0.4) is 0 Å². The molecule has 0 aliphatic heterocycles. The zero-order chi connectivity index (χ0) is 22.9. The second-order valence-electron chi connectivity index (χ2n) is 6.55. The van der Waals surface area contributed by atoms with E-state index < -0.39 is 5.97 Å². The molecular formula is C23H25N3O4S2. The smallest absolute Gasteiger partial charge is 0.344 e. The molecule has 0 amide bonds. The van der Waals surface area contributed by atoms with Gasteiger partial charge in [-0.1, -0.05) is 48.2 Å². The van der Waals surface area contributed by atoms with Gasteiger partial charge < -0.3 is 19.5 Å². The van der Waals surface area contributed by atoms with Crippen molar-refractivity contribution >= 4 is 35.3 Å². The first-order valence-electron chi connectivity index (χ1n) is 9.75. The Morgan fingerprint density at radius 3 is 2.38 bits per heavy atom. The van der Waals surface area contributed by atoms with Gasteiger partial charge in [0, 0.05) is 12.3 Å². The minimum absolute atomic E-state index is 0.326. The lowest BCUT2D eigenvalue weighted by molar-refractivity contribution is 0.0596. The van der Waals surface area contributed by atoms with E-state index in [9.17, 15) is 4.79 Å². The number of nitrogens with one attached hydrogen (secondary N) is 1. The van der Waals surface area contributed by atoms with Gasteiger partial charge in [0.15, 0.2) is 16.7 Å². The third-order valence-electron chi connectivity index (χ3n) is 4.55. The van der Waals surface area contributed by atoms with Gasteiger partial charge in [0.2, 0.25) is 0 Å². The number of hydrogen-bond donors (Lipinski definition) is 1. The summed E-state index contributed by atoms with van der Waals surface area (Å²) in [7, 11) is 4.54. The van der Waals surface area contributed by atoms with Gasteiger partial charge >= 0.3 is 5.97 Å². The summed E-state index contributed by atoms with van der Waals surface area (Å²) < 4.78 is 15.7. The first-order chi connectivity index (χ1) is 15.6. The Bertz CT molecular complexity index is 1060. The van der Waals surface area contributed by atoms with Gasteiger partial charge in [-0.15, -0.1) is 11.8 Å². The first-order valence-corrected chi connectivity index (χ1v) is 12.0. The van der Waals surface area contributed by atoms with Gasteiger partial charge in [-0.05, 0) is 29.5 Å². The van der Waals surface area contributed by atoms with Crippen molar-refractivity contribution in [2.24, 2.45) is 0 Å². The summed E-state index contributed by atoms with van der Waals surface area (Å²) in [5, 5.41) is 4.42. The highest BCUT2D eigenvalue weighted by Gasteiger charge is 2.22. The van der Waals surface area contributed by atoms with Gasteiger partial charge in [-0.25, -0.2) is 14.8 Å². The van der Waals surface area contributed by atoms with Crippen LogP contribution < -0.4 is 14.8 Å². The highest BCUT2D eigenvalue weighted by atomic mass is 32.2. The standard InChI is InChI=1S/C23H25N3O4S2/c1-28-17-11-10-16(12-18(17)29-2)13-24-20-19(22(27)30-3)21(26-23(25-20)31-4)32-14-15-8-6-5-7-9-15/h5-12H,13-14H2,1-4H3,(H,24,25,26). The second kappa shape index (κ2) is 11.6. The third-order valence-corrected chi connectivity index (χ3v) is 6.15. The zero-order valence-electron chi connectivity index (χ0n) is 18.4. The number of carbonyl (C=O) groups is 1. The molecule has 1 N–H and O–H groups in total. The number of carbonyl (C=O) groups excluding carboxylic acids is 1. The summed E-state index contributed by atoms with van der Waals surface area (Å²) in [6.45, 7) is 0.429. The molecule has 2 aromatic carbocycles. The first kappa shape index (κ1) is 23.7. The van der Waals surface area contributed by atoms with Crippen molar-refractivity contribution in [3.05, 3.63) is 65.2 Å². The van der Waals surface area contributed by atoms with E-state index in [1.54, 1.807) is 14.2 Å². The second-order valence-corrected chi connectivity index (χ2v) is 8.29. The van der Waals surface area contributed by atoms with Crippen LogP contribution in [0.5, 0.6) is 11.5 Å². The molecule has 0 saturated carbocycles. The molecular weight excluding hydrogens is 446 g/mol. The van der Waals surface area contributed by atoms with Crippen molar-refractivity contribution in [2.75, 3.05) is 32.9 Å². The van der Waals surface area contributed by atoms with E-state index in [-0.39, 0.29) is 0 Å². The maximum absolute atomic E-state index is 12.7. The predicted octanol–water partition coefficient (Wildman–Crippen LogP) is 4.91. The Morgan fingerprint density at radius 1 is 0.969 bits per heavy atom. The fourth-order valence-corrected chi connectivity index (χ4v) is 4.33. The van der Waals surface area contributed by atoms with Crippen LogP contribution in [0.2, 0.25) is 0 Å². The summed E-state index contributed by atoms with van der Waals surface area (Å²) in [6, 6.07) is 15.7. The minimum atomic E-state index is -0.483. The SMILES string of the molecule is COC(=O)c1c(NCc2ccc(OC)c(OC)c2)nc(SC)nc1SCc1ccccc1. The molecule has 1 heterocycles. The van der Waals surface area contributed by atoms with Gasteiger partial charge in [0.1, 0.15) is 16.4 Å². The van der Waals surface area contributed by atoms with Crippen LogP contribution in [0.15, 0.2) is 58.7 Å². The molecule has 168 valence electrons. The van der Waals surface area contributed by atoms with Crippen LogP contribution in [0.4, 0.5) is 5.82 Å². The van der Waals surface area contributed by atoms with Gasteiger partial charge in [-0.3, -0.25) is 0 Å². The Balaban J connectivity index is 1.90. The van der Waals surface area contributed by atoms with Crippen molar-refractivity contribution in [1.29, 1.82) is 0 Å². The molecule has 3 rings (SSSR count). The lowest BCUT2D eigenvalue weighted by Crippen LogP contribution is -2.14. The van der Waals surface area contributed by atoms with Crippen LogP contribution in [0.1, 0.15) is 21.5 Å². The molecule has 0 aliphatic carbocycles. The molecule has 0 unspecified atom stereocenters. The molecule has 9 heteroatoms. The summed E-state index contributed by atoms with van der Waals surface area (Å²) in [5.74, 6) is 1.90.